The van der Waals surface area contributed by atoms with Crippen molar-refractivity contribution in [2.75, 3.05) is 11.9 Å². The number of nitrogens with one attached hydrogen (secondary N) is 1. The van der Waals surface area contributed by atoms with Crippen molar-refractivity contribution in [2.45, 2.75) is 39.7 Å². The van der Waals surface area contributed by atoms with Crippen LogP contribution >= 0.6 is 0 Å². The molecule has 4 nitrogen and oxygen atoms in total. The van der Waals surface area contributed by atoms with E-state index in [2.05, 4.69) is 36.1 Å². The lowest BCUT2D eigenvalue weighted by molar-refractivity contribution is 0.404. The highest BCUT2D eigenvalue weighted by atomic mass is 15.1. The molecule has 1 unspecified atom stereocenters. The van der Waals surface area contributed by atoms with Crippen LogP contribution in [0.3, 0.4) is 0 Å². The molecule has 0 bridgehead atoms. The minimum atomic E-state index is -0.135. The number of nitrogens with zero attached hydrogens (tertiary/aromatic N) is 2. The van der Waals surface area contributed by atoms with Crippen LogP contribution in [0.4, 0.5) is 5.95 Å². The molecule has 0 aromatic carbocycles. The van der Waals surface area contributed by atoms with Crippen LogP contribution in [-0.2, 0) is 0 Å². The van der Waals surface area contributed by atoms with Crippen LogP contribution < -0.4 is 11.1 Å². The average molecular weight is 222 g/mol. The molecule has 3 N–H and O–H groups in total. The Balaban J connectivity index is 2.72. The Bertz CT molecular complexity index is 320. The molecule has 0 aliphatic carbocycles. The smallest absolute Gasteiger partial charge is 0.223 e. The minimum Gasteiger partial charge on any atom is -0.348 e. The van der Waals surface area contributed by atoms with Crippen LogP contribution in [0, 0.1) is 12.8 Å². The molecule has 1 aromatic heterocycles. The van der Waals surface area contributed by atoms with Crippen LogP contribution in [0.15, 0.2) is 12.4 Å². The van der Waals surface area contributed by atoms with E-state index in [1.165, 1.54) is 0 Å². The lowest BCUT2D eigenvalue weighted by Crippen LogP contribution is -2.44. The number of hydrogen-bond donors (Lipinski definition) is 2. The predicted octanol–water partition coefficient (Wildman–Crippen LogP) is 1.96. The van der Waals surface area contributed by atoms with Crippen molar-refractivity contribution in [3.05, 3.63) is 18.0 Å². The van der Waals surface area contributed by atoms with Crippen LogP contribution in [0.5, 0.6) is 0 Å². The van der Waals surface area contributed by atoms with Crippen molar-refractivity contribution >= 4 is 5.95 Å². The maximum Gasteiger partial charge on any atom is 0.223 e. The fraction of sp³-hybridized carbons (Fsp3) is 0.667. The SMILES string of the molecule is Cc1cnc(NC(C)(CN)CC(C)C)nc1. The quantitative estimate of drug-likeness (QED) is 0.799. The summed E-state index contributed by atoms with van der Waals surface area (Å²) in [6.07, 6.45) is 4.62. The second-order valence-corrected chi connectivity index (χ2v) is 5.07. The van der Waals surface area contributed by atoms with Crippen LogP contribution in [0.25, 0.3) is 0 Å². The van der Waals surface area contributed by atoms with Crippen molar-refractivity contribution in [2.24, 2.45) is 11.7 Å². The largest absolute Gasteiger partial charge is 0.348 e. The Labute approximate surface area is 97.7 Å². The molecule has 1 rings (SSSR count). The minimum absolute atomic E-state index is 0.135. The third-order valence-electron chi connectivity index (χ3n) is 2.50. The summed E-state index contributed by atoms with van der Waals surface area (Å²) in [6, 6.07) is 0. The summed E-state index contributed by atoms with van der Waals surface area (Å²) < 4.78 is 0. The van der Waals surface area contributed by atoms with Crippen LogP contribution in [0.2, 0.25) is 0 Å². The normalized spacial score (nSPS) is 14.9. The second kappa shape index (κ2) is 5.25. The van der Waals surface area contributed by atoms with Crippen molar-refractivity contribution < 1.29 is 0 Å². The summed E-state index contributed by atoms with van der Waals surface area (Å²) >= 11 is 0. The summed E-state index contributed by atoms with van der Waals surface area (Å²) in [5.74, 6) is 1.24. The number of nitrogens with two attached hydrogens (primary N) is 1. The first-order valence-electron chi connectivity index (χ1n) is 5.72. The summed E-state index contributed by atoms with van der Waals surface area (Å²) in [6.45, 7) is 9.02. The molecule has 0 aliphatic rings. The molecule has 1 heterocycles. The van der Waals surface area contributed by atoms with Gasteiger partial charge in [-0.05, 0) is 31.7 Å². The molecule has 0 spiro atoms. The van der Waals surface area contributed by atoms with Gasteiger partial charge in [-0.25, -0.2) is 9.97 Å². The van der Waals surface area contributed by atoms with Crippen molar-refractivity contribution in [1.82, 2.24) is 9.97 Å². The zero-order valence-electron chi connectivity index (χ0n) is 10.6. The number of anilines is 1. The molecule has 1 atom stereocenters. The van der Waals surface area contributed by atoms with E-state index in [0.717, 1.165) is 12.0 Å². The van der Waals surface area contributed by atoms with Gasteiger partial charge in [-0.15, -0.1) is 0 Å². The lowest BCUT2D eigenvalue weighted by Gasteiger charge is -2.31. The highest BCUT2D eigenvalue weighted by molar-refractivity contribution is 5.29. The molecule has 0 amide bonds. The monoisotopic (exact) mass is 222 g/mol. The molecule has 0 saturated heterocycles. The molecular formula is C12H22N4. The third kappa shape index (κ3) is 3.77. The first-order valence-corrected chi connectivity index (χ1v) is 5.72. The zero-order chi connectivity index (χ0) is 12.2. The Kier molecular flexibility index (Phi) is 4.24. The van der Waals surface area contributed by atoms with E-state index < -0.39 is 0 Å². The standard InChI is InChI=1S/C12H22N4/c1-9(2)5-12(4,8-13)16-11-14-6-10(3)7-15-11/h6-7,9H,5,8,13H2,1-4H3,(H,14,15,16). The Morgan fingerprint density at radius 1 is 1.38 bits per heavy atom. The van der Waals surface area contributed by atoms with E-state index in [4.69, 9.17) is 5.73 Å². The molecule has 4 heteroatoms. The number of aromatic nitrogens is 2. The Morgan fingerprint density at radius 2 is 1.94 bits per heavy atom. The van der Waals surface area contributed by atoms with E-state index in [1.807, 2.05) is 19.3 Å². The molecule has 16 heavy (non-hydrogen) atoms. The maximum atomic E-state index is 5.82. The van der Waals surface area contributed by atoms with Gasteiger partial charge in [0, 0.05) is 24.5 Å². The fourth-order valence-electron chi connectivity index (χ4n) is 1.81. The highest BCUT2D eigenvalue weighted by Crippen LogP contribution is 2.19. The number of hydrogen-bond acceptors (Lipinski definition) is 4. The predicted molar refractivity (Wildman–Crippen MR) is 67.3 cm³/mol. The Morgan fingerprint density at radius 3 is 2.38 bits per heavy atom. The first kappa shape index (κ1) is 12.9. The van der Waals surface area contributed by atoms with Gasteiger partial charge in [-0.3, -0.25) is 0 Å². The summed E-state index contributed by atoms with van der Waals surface area (Å²) in [4.78, 5) is 8.48. The van der Waals surface area contributed by atoms with E-state index in [-0.39, 0.29) is 5.54 Å². The average Bonchev–Trinajstić information content (AvgIpc) is 2.20. The van der Waals surface area contributed by atoms with Gasteiger partial charge in [0.25, 0.3) is 0 Å². The number of rotatable bonds is 5. The van der Waals surface area contributed by atoms with Crippen molar-refractivity contribution in [3.63, 3.8) is 0 Å². The van der Waals surface area contributed by atoms with E-state index in [0.29, 0.717) is 18.4 Å². The van der Waals surface area contributed by atoms with E-state index >= 15 is 0 Å². The lowest BCUT2D eigenvalue weighted by atomic mass is 9.91. The van der Waals surface area contributed by atoms with E-state index in [1.54, 1.807) is 0 Å². The zero-order valence-corrected chi connectivity index (χ0v) is 10.6. The number of aryl methyl sites for hydroxylation is 1. The van der Waals surface area contributed by atoms with Gasteiger partial charge in [0.05, 0.1) is 0 Å². The molecule has 0 fully saturated rings. The molecule has 1 aromatic rings. The molecular weight excluding hydrogens is 200 g/mol. The van der Waals surface area contributed by atoms with Crippen molar-refractivity contribution in [3.8, 4) is 0 Å². The van der Waals surface area contributed by atoms with Gasteiger partial charge in [-0.2, -0.15) is 0 Å². The highest BCUT2D eigenvalue weighted by Gasteiger charge is 2.24. The summed E-state index contributed by atoms with van der Waals surface area (Å²) in [5, 5.41) is 3.32. The van der Waals surface area contributed by atoms with Crippen LogP contribution in [0.1, 0.15) is 32.8 Å². The van der Waals surface area contributed by atoms with Gasteiger partial charge in [0.2, 0.25) is 5.95 Å². The topological polar surface area (TPSA) is 63.8 Å². The Hall–Kier alpha value is -1.16. The van der Waals surface area contributed by atoms with Gasteiger partial charge < -0.3 is 11.1 Å². The summed E-state index contributed by atoms with van der Waals surface area (Å²) in [5.41, 5.74) is 6.74. The molecule has 0 radical (unpaired) electrons. The van der Waals surface area contributed by atoms with Crippen LogP contribution in [-0.4, -0.2) is 22.1 Å². The van der Waals surface area contributed by atoms with Gasteiger partial charge >= 0.3 is 0 Å². The maximum absolute atomic E-state index is 5.82. The fourth-order valence-corrected chi connectivity index (χ4v) is 1.81. The third-order valence-corrected chi connectivity index (χ3v) is 2.50. The molecule has 0 aliphatic heterocycles. The van der Waals surface area contributed by atoms with E-state index in [9.17, 15) is 0 Å². The van der Waals surface area contributed by atoms with Crippen molar-refractivity contribution in [1.29, 1.82) is 0 Å². The second-order valence-electron chi connectivity index (χ2n) is 5.07. The van der Waals surface area contributed by atoms with Gasteiger partial charge in [-0.1, -0.05) is 13.8 Å². The first-order chi connectivity index (χ1) is 7.45. The molecule has 90 valence electrons. The van der Waals surface area contributed by atoms with Gasteiger partial charge in [0.1, 0.15) is 0 Å². The van der Waals surface area contributed by atoms with Gasteiger partial charge in [0.15, 0.2) is 0 Å². The summed E-state index contributed by atoms with van der Waals surface area (Å²) in [7, 11) is 0. The molecule has 0 saturated carbocycles.